The average Bonchev–Trinajstić information content (AvgIpc) is 2.86. The standard InChI is InChI=1S/C28H33N3O2/c1-3-33-28(32)26-20-27(29-21-22(26)2)31-18-16-30(17-19-31)15-14-25(23-10-6-4-7-11-23)24-12-8-5-9-13-24/h4-13,20-21,25H,3,14-19H2,1-2H3. The Hall–Kier alpha value is -3.18. The van der Waals surface area contributed by atoms with Crippen molar-refractivity contribution in [3.05, 3.63) is 95.2 Å². The molecule has 1 saturated heterocycles. The van der Waals surface area contributed by atoms with Crippen LogP contribution < -0.4 is 4.90 Å². The molecule has 0 radical (unpaired) electrons. The van der Waals surface area contributed by atoms with Gasteiger partial charge >= 0.3 is 5.97 Å². The summed E-state index contributed by atoms with van der Waals surface area (Å²) in [5.41, 5.74) is 4.21. The third-order valence-corrected chi connectivity index (χ3v) is 6.42. The van der Waals surface area contributed by atoms with Crippen molar-refractivity contribution >= 4 is 11.8 Å². The van der Waals surface area contributed by atoms with Crippen molar-refractivity contribution in [2.45, 2.75) is 26.2 Å². The number of aromatic nitrogens is 1. The Kier molecular flexibility index (Phi) is 7.74. The summed E-state index contributed by atoms with van der Waals surface area (Å²) in [6.45, 7) is 8.94. The predicted octanol–water partition coefficient (Wildman–Crippen LogP) is 4.91. The molecule has 33 heavy (non-hydrogen) atoms. The monoisotopic (exact) mass is 443 g/mol. The van der Waals surface area contributed by atoms with E-state index in [1.54, 1.807) is 6.20 Å². The van der Waals surface area contributed by atoms with Gasteiger partial charge in [0.05, 0.1) is 12.2 Å². The van der Waals surface area contributed by atoms with Crippen molar-refractivity contribution < 1.29 is 9.53 Å². The van der Waals surface area contributed by atoms with E-state index >= 15 is 0 Å². The molecule has 0 atom stereocenters. The summed E-state index contributed by atoms with van der Waals surface area (Å²) >= 11 is 0. The van der Waals surface area contributed by atoms with Crippen molar-refractivity contribution in [1.82, 2.24) is 9.88 Å². The second-order valence-electron chi connectivity index (χ2n) is 8.57. The number of carbonyl (C=O) groups is 1. The van der Waals surface area contributed by atoms with Gasteiger partial charge in [0, 0.05) is 38.3 Å². The maximum atomic E-state index is 12.3. The van der Waals surface area contributed by atoms with E-state index in [4.69, 9.17) is 4.74 Å². The molecule has 0 aliphatic carbocycles. The molecule has 1 aliphatic heterocycles. The molecule has 2 heterocycles. The van der Waals surface area contributed by atoms with Gasteiger partial charge in [-0.3, -0.25) is 4.90 Å². The van der Waals surface area contributed by atoms with E-state index in [0.717, 1.165) is 50.5 Å². The van der Waals surface area contributed by atoms with E-state index in [1.807, 2.05) is 19.9 Å². The SMILES string of the molecule is CCOC(=O)c1cc(N2CCN(CCC(c3ccccc3)c3ccccc3)CC2)ncc1C. The molecule has 0 amide bonds. The maximum Gasteiger partial charge on any atom is 0.338 e. The van der Waals surface area contributed by atoms with Gasteiger partial charge in [-0.1, -0.05) is 60.7 Å². The minimum atomic E-state index is -0.273. The number of ether oxygens (including phenoxy) is 1. The number of pyridine rings is 1. The Morgan fingerprint density at radius 3 is 2.15 bits per heavy atom. The second-order valence-corrected chi connectivity index (χ2v) is 8.57. The van der Waals surface area contributed by atoms with E-state index in [2.05, 4.69) is 75.4 Å². The van der Waals surface area contributed by atoms with Gasteiger partial charge in [0.1, 0.15) is 5.82 Å². The first-order valence-corrected chi connectivity index (χ1v) is 11.9. The Morgan fingerprint density at radius 1 is 0.970 bits per heavy atom. The Bertz CT molecular complexity index is 992. The molecule has 4 rings (SSSR count). The summed E-state index contributed by atoms with van der Waals surface area (Å²) in [5.74, 6) is 0.983. The highest BCUT2D eigenvalue weighted by Gasteiger charge is 2.22. The van der Waals surface area contributed by atoms with E-state index < -0.39 is 0 Å². The second kappa shape index (κ2) is 11.1. The number of esters is 1. The van der Waals surface area contributed by atoms with Gasteiger partial charge in [-0.05, 0) is 49.6 Å². The van der Waals surface area contributed by atoms with Crippen LogP contribution in [0.15, 0.2) is 72.9 Å². The van der Waals surface area contributed by atoms with Crippen LogP contribution in [0.1, 0.15) is 46.3 Å². The fraction of sp³-hybridized carbons (Fsp3) is 0.357. The lowest BCUT2D eigenvalue weighted by Gasteiger charge is -2.36. The van der Waals surface area contributed by atoms with Crippen LogP contribution in [0.3, 0.4) is 0 Å². The van der Waals surface area contributed by atoms with Gasteiger partial charge in [-0.2, -0.15) is 0 Å². The Balaban J connectivity index is 1.37. The summed E-state index contributed by atoms with van der Waals surface area (Å²) in [5, 5.41) is 0. The van der Waals surface area contributed by atoms with Crippen LogP contribution in [-0.2, 0) is 4.74 Å². The van der Waals surface area contributed by atoms with Crippen LogP contribution in [0.5, 0.6) is 0 Å². The number of nitrogens with zero attached hydrogens (tertiary/aromatic N) is 3. The van der Waals surface area contributed by atoms with Crippen LogP contribution in [0.25, 0.3) is 0 Å². The molecule has 0 spiro atoms. The predicted molar refractivity (Wildman–Crippen MR) is 133 cm³/mol. The van der Waals surface area contributed by atoms with E-state index in [0.29, 0.717) is 18.1 Å². The molecule has 3 aromatic rings. The highest BCUT2D eigenvalue weighted by atomic mass is 16.5. The van der Waals surface area contributed by atoms with Crippen LogP contribution in [0.2, 0.25) is 0 Å². The zero-order valence-corrected chi connectivity index (χ0v) is 19.6. The van der Waals surface area contributed by atoms with E-state index in [1.165, 1.54) is 11.1 Å². The number of rotatable bonds is 8. The third kappa shape index (κ3) is 5.79. The van der Waals surface area contributed by atoms with Crippen LogP contribution >= 0.6 is 0 Å². The summed E-state index contributed by atoms with van der Waals surface area (Å²) in [4.78, 5) is 21.6. The van der Waals surface area contributed by atoms with E-state index in [9.17, 15) is 4.79 Å². The van der Waals surface area contributed by atoms with Crippen molar-refractivity contribution in [2.24, 2.45) is 0 Å². The highest BCUT2D eigenvalue weighted by molar-refractivity contribution is 5.91. The largest absolute Gasteiger partial charge is 0.462 e. The lowest BCUT2D eigenvalue weighted by molar-refractivity contribution is 0.0525. The zero-order valence-electron chi connectivity index (χ0n) is 19.6. The summed E-state index contributed by atoms with van der Waals surface area (Å²) in [6.07, 6.45) is 2.86. The topological polar surface area (TPSA) is 45.7 Å². The van der Waals surface area contributed by atoms with E-state index in [-0.39, 0.29) is 5.97 Å². The molecule has 0 bridgehead atoms. The third-order valence-electron chi connectivity index (χ3n) is 6.42. The fourth-order valence-electron chi connectivity index (χ4n) is 4.52. The minimum Gasteiger partial charge on any atom is -0.462 e. The number of anilines is 1. The molecule has 0 unspecified atom stereocenters. The van der Waals surface area contributed by atoms with Gasteiger partial charge in [0.25, 0.3) is 0 Å². The highest BCUT2D eigenvalue weighted by Crippen LogP contribution is 2.28. The molecule has 5 nitrogen and oxygen atoms in total. The fourth-order valence-corrected chi connectivity index (χ4v) is 4.52. The number of hydrogen-bond acceptors (Lipinski definition) is 5. The van der Waals surface area contributed by atoms with Crippen LogP contribution in [0.4, 0.5) is 5.82 Å². The van der Waals surface area contributed by atoms with Crippen molar-refractivity contribution in [1.29, 1.82) is 0 Å². The normalized spacial score (nSPS) is 14.5. The van der Waals surface area contributed by atoms with Crippen molar-refractivity contribution in [2.75, 3.05) is 44.2 Å². The van der Waals surface area contributed by atoms with Gasteiger partial charge in [-0.25, -0.2) is 9.78 Å². The number of aryl methyl sites for hydroxylation is 1. The molecule has 172 valence electrons. The molecule has 1 aromatic heterocycles. The summed E-state index contributed by atoms with van der Waals surface area (Å²) < 4.78 is 5.20. The Labute approximate surface area is 197 Å². The molecular formula is C28H33N3O2. The van der Waals surface area contributed by atoms with Gasteiger partial charge < -0.3 is 9.64 Å². The van der Waals surface area contributed by atoms with Crippen LogP contribution in [0, 0.1) is 6.92 Å². The molecule has 5 heteroatoms. The van der Waals surface area contributed by atoms with Crippen molar-refractivity contribution in [3.8, 4) is 0 Å². The average molecular weight is 444 g/mol. The first-order valence-electron chi connectivity index (χ1n) is 11.9. The lowest BCUT2D eigenvalue weighted by atomic mass is 9.88. The molecule has 0 saturated carbocycles. The summed E-state index contributed by atoms with van der Waals surface area (Å²) in [7, 11) is 0. The quantitative estimate of drug-likeness (QED) is 0.463. The number of hydrogen-bond donors (Lipinski definition) is 0. The van der Waals surface area contributed by atoms with Crippen LogP contribution in [-0.4, -0.2) is 55.2 Å². The first-order chi connectivity index (χ1) is 16.2. The molecule has 1 aliphatic rings. The number of benzene rings is 2. The number of carbonyl (C=O) groups excluding carboxylic acids is 1. The van der Waals surface area contributed by atoms with Gasteiger partial charge in [0.2, 0.25) is 0 Å². The molecule has 0 N–H and O–H groups in total. The van der Waals surface area contributed by atoms with Gasteiger partial charge in [-0.15, -0.1) is 0 Å². The Morgan fingerprint density at radius 2 is 1.58 bits per heavy atom. The molecule has 2 aromatic carbocycles. The molecule has 1 fully saturated rings. The summed E-state index contributed by atoms with van der Waals surface area (Å²) in [6, 6.07) is 23.5. The lowest BCUT2D eigenvalue weighted by Crippen LogP contribution is -2.47. The zero-order chi connectivity index (χ0) is 23.0. The smallest absolute Gasteiger partial charge is 0.338 e. The van der Waals surface area contributed by atoms with Crippen molar-refractivity contribution in [3.63, 3.8) is 0 Å². The minimum absolute atomic E-state index is 0.273. The molecular weight excluding hydrogens is 410 g/mol. The maximum absolute atomic E-state index is 12.3. The number of piperazine rings is 1. The van der Waals surface area contributed by atoms with Gasteiger partial charge in [0.15, 0.2) is 0 Å². The first kappa shape index (κ1) is 23.0.